The molecule has 0 bridgehead atoms. The fourth-order valence-electron chi connectivity index (χ4n) is 2.82. The summed E-state index contributed by atoms with van der Waals surface area (Å²) >= 11 is 1.26. The summed E-state index contributed by atoms with van der Waals surface area (Å²) in [6.07, 6.45) is 0.290. The van der Waals surface area contributed by atoms with Gasteiger partial charge in [0.25, 0.3) is 0 Å². The largest absolute Gasteiger partial charge is 0.456 e. The lowest BCUT2D eigenvalue weighted by Gasteiger charge is -2.14. The van der Waals surface area contributed by atoms with E-state index in [0.717, 1.165) is 11.1 Å². The first-order chi connectivity index (χ1) is 14.5. The van der Waals surface area contributed by atoms with Gasteiger partial charge in [-0.05, 0) is 24.1 Å². The van der Waals surface area contributed by atoms with Gasteiger partial charge < -0.3 is 15.8 Å². The van der Waals surface area contributed by atoms with Crippen LogP contribution < -0.4 is 11.1 Å². The number of ether oxygens (including phenoxy) is 1. The summed E-state index contributed by atoms with van der Waals surface area (Å²) in [4.78, 5) is 29.3. The lowest BCUT2D eigenvalue weighted by molar-refractivity contribution is -0.137. The van der Waals surface area contributed by atoms with Crippen molar-refractivity contribution in [3.8, 4) is 11.3 Å². The highest BCUT2D eigenvalue weighted by Crippen LogP contribution is 2.26. The number of thiazole rings is 1. The molecule has 2 aromatic carbocycles. The van der Waals surface area contributed by atoms with Crippen LogP contribution in [0.25, 0.3) is 11.3 Å². The van der Waals surface area contributed by atoms with Gasteiger partial charge in [-0.25, -0.2) is 9.78 Å². The Bertz CT molecular complexity index is 1050. The standard InChI is InChI=1S/C22H22N4O3S/c1-2-17(19(24)21(28)29-12-14-7-4-3-5-8-14)20(27)26-22-25-18(13-30-22)15-9-6-10-16(23)11-15/h3-11,13,17,24H,2,12,23H2,1H3,(H,25,26,27). The maximum atomic E-state index is 12.7. The minimum absolute atomic E-state index is 0.0517. The molecule has 8 heteroatoms. The Balaban J connectivity index is 1.61. The first-order valence-corrected chi connectivity index (χ1v) is 10.3. The first-order valence-electron chi connectivity index (χ1n) is 9.39. The predicted octanol–water partition coefficient (Wildman–Crippen LogP) is 4.12. The molecular formula is C22H22N4O3S. The van der Waals surface area contributed by atoms with Crippen LogP contribution in [0.2, 0.25) is 0 Å². The highest BCUT2D eigenvalue weighted by Gasteiger charge is 2.28. The molecule has 1 atom stereocenters. The van der Waals surface area contributed by atoms with E-state index in [1.807, 2.05) is 47.8 Å². The lowest BCUT2D eigenvalue weighted by atomic mass is 9.99. The maximum absolute atomic E-state index is 12.7. The molecular weight excluding hydrogens is 400 g/mol. The average Bonchev–Trinajstić information content (AvgIpc) is 3.21. The molecule has 0 aliphatic carbocycles. The molecule has 1 heterocycles. The van der Waals surface area contributed by atoms with Gasteiger partial charge in [0.2, 0.25) is 5.91 Å². The summed E-state index contributed by atoms with van der Waals surface area (Å²) < 4.78 is 5.18. The summed E-state index contributed by atoms with van der Waals surface area (Å²) in [5, 5.41) is 13.0. The van der Waals surface area contributed by atoms with Gasteiger partial charge in [-0.2, -0.15) is 0 Å². The number of carbonyl (C=O) groups excluding carboxylic acids is 2. The minimum Gasteiger partial charge on any atom is -0.456 e. The third kappa shape index (κ3) is 5.30. The number of nitrogens with zero attached hydrogens (tertiary/aromatic N) is 1. The van der Waals surface area contributed by atoms with E-state index in [2.05, 4.69) is 10.3 Å². The molecule has 30 heavy (non-hydrogen) atoms. The van der Waals surface area contributed by atoms with Crippen LogP contribution in [0.3, 0.4) is 0 Å². The molecule has 0 spiro atoms. The van der Waals surface area contributed by atoms with Crippen LogP contribution in [-0.4, -0.2) is 22.6 Å². The second-order valence-electron chi connectivity index (χ2n) is 6.59. The van der Waals surface area contributed by atoms with E-state index in [0.29, 0.717) is 22.9 Å². The second-order valence-corrected chi connectivity index (χ2v) is 7.45. The molecule has 0 aliphatic heterocycles. The lowest BCUT2D eigenvalue weighted by Crippen LogP contribution is -2.34. The van der Waals surface area contributed by atoms with E-state index in [1.165, 1.54) is 11.3 Å². The number of hydrogen-bond acceptors (Lipinski definition) is 7. The summed E-state index contributed by atoms with van der Waals surface area (Å²) in [6.45, 7) is 1.79. The third-order valence-electron chi connectivity index (χ3n) is 4.42. The Kier molecular flexibility index (Phi) is 6.92. The Morgan fingerprint density at radius 3 is 2.67 bits per heavy atom. The first kappa shape index (κ1) is 21.2. The van der Waals surface area contributed by atoms with Crippen molar-refractivity contribution in [2.75, 3.05) is 11.1 Å². The fourth-order valence-corrected chi connectivity index (χ4v) is 3.54. The molecule has 7 nitrogen and oxygen atoms in total. The zero-order valence-electron chi connectivity index (χ0n) is 16.4. The predicted molar refractivity (Wildman–Crippen MR) is 118 cm³/mol. The summed E-state index contributed by atoms with van der Waals surface area (Å²) in [5.41, 5.74) is 8.40. The third-order valence-corrected chi connectivity index (χ3v) is 5.18. The maximum Gasteiger partial charge on any atom is 0.353 e. The molecule has 0 saturated carbocycles. The van der Waals surface area contributed by atoms with E-state index in [-0.39, 0.29) is 12.3 Å². The monoisotopic (exact) mass is 422 g/mol. The summed E-state index contributed by atoms with van der Waals surface area (Å²) in [6, 6.07) is 16.5. The van der Waals surface area contributed by atoms with E-state index >= 15 is 0 Å². The number of carbonyl (C=O) groups is 2. The van der Waals surface area contributed by atoms with Crippen LogP contribution in [0, 0.1) is 11.3 Å². The molecule has 3 rings (SSSR count). The second kappa shape index (κ2) is 9.80. The number of benzene rings is 2. The number of nitrogen functional groups attached to an aromatic ring is 1. The molecule has 0 radical (unpaired) electrons. The molecule has 1 aromatic heterocycles. The molecule has 0 fully saturated rings. The van der Waals surface area contributed by atoms with E-state index in [9.17, 15) is 9.59 Å². The molecule has 154 valence electrons. The molecule has 3 aromatic rings. The Morgan fingerprint density at radius 2 is 1.97 bits per heavy atom. The van der Waals surface area contributed by atoms with Crippen LogP contribution in [0.15, 0.2) is 60.0 Å². The van der Waals surface area contributed by atoms with Crippen LogP contribution in [-0.2, 0) is 20.9 Å². The molecule has 4 N–H and O–H groups in total. The van der Waals surface area contributed by atoms with Crippen molar-refractivity contribution in [3.05, 3.63) is 65.5 Å². The number of nitrogens with one attached hydrogen (secondary N) is 2. The number of aromatic nitrogens is 1. The van der Waals surface area contributed by atoms with Gasteiger partial charge in [0.15, 0.2) is 5.13 Å². The minimum atomic E-state index is -0.923. The highest BCUT2D eigenvalue weighted by molar-refractivity contribution is 7.14. The van der Waals surface area contributed by atoms with Gasteiger partial charge in [0.05, 0.1) is 11.6 Å². The summed E-state index contributed by atoms with van der Waals surface area (Å²) in [7, 11) is 0. The smallest absolute Gasteiger partial charge is 0.353 e. The number of rotatable bonds is 8. The topological polar surface area (TPSA) is 118 Å². The van der Waals surface area contributed by atoms with Crippen molar-refractivity contribution in [1.82, 2.24) is 4.98 Å². The quantitative estimate of drug-likeness (QED) is 0.287. The van der Waals surface area contributed by atoms with Gasteiger partial charge in [-0.15, -0.1) is 11.3 Å². The van der Waals surface area contributed by atoms with E-state index in [1.54, 1.807) is 19.1 Å². The number of amides is 1. The highest BCUT2D eigenvalue weighted by atomic mass is 32.1. The van der Waals surface area contributed by atoms with Gasteiger partial charge in [-0.1, -0.05) is 49.4 Å². The Morgan fingerprint density at radius 1 is 1.20 bits per heavy atom. The zero-order valence-corrected chi connectivity index (χ0v) is 17.2. The summed E-state index contributed by atoms with van der Waals surface area (Å²) in [5.74, 6) is -2.19. The van der Waals surface area contributed by atoms with Crippen LogP contribution in [0.4, 0.5) is 10.8 Å². The molecule has 0 aliphatic rings. The van der Waals surface area contributed by atoms with E-state index < -0.39 is 17.8 Å². The van der Waals surface area contributed by atoms with Gasteiger partial charge >= 0.3 is 5.97 Å². The van der Waals surface area contributed by atoms with Gasteiger partial charge in [0.1, 0.15) is 12.3 Å². The van der Waals surface area contributed by atoms with Crippen LogP contribution in [0.1, 0.15) is 18.9 Å². The Labute approximate surface area is 178 Å². The van der Waals surface area contributed by atoms with Crippen molar-refractivity contribution in [3.63, 3.8) is 0 Å². The average molecular weight is 423 g/mol. The normalized spacial score (nSPS) is 11.5. The number of nitrogens with two attached hydrogens (primary N) is 1. The van der Waals surface area contributed by atoms with Crippen molar-refractivity contribution in [1.29, 1.82) is 5.41 Å². The number of esters is 1. The van der Waals surface area contributed by atoms with Crippen molar-refractivity contribution in [2.45, 2.75) is 20.0 Å². The molecule has 1 unspecified atom stereocenters. The zero-order chi connectivity index (χ0) is 21.5. The fraction of sp³-hybridized carbons (Fsp3) is 0.182. The van der Waals surface area contributed by atoms with Gasteiger partial charge in [0, 0.05) is 16.6 Å². The SMILES string of the molecule is CCC(C(=N)C(=O)OCc1ccccc1)C(=O)Nc1nc(-c2cccc(N)c2)cs1. The van der Waals surface area contributed by atoms with Crippen molar-refractivity contribution in [2.24, 2.45) is 5.92 Å². The molecule has 1 amide bonds. The number of hydrogen-bond donors (Lipinski definition) is 3. The van der Waals surface area contributed by atoms with Crippen molar-refractivity contribution < 1.29 is 14.3 Å². The van der Waals surface area contributed by atoms with Gasteiger partial charge in [-0.3, -0.25) is 10.2 Å². The van der Waals surface area contributed by atoms with Crippen LogP contribution >= 0.6 is 11.3 Å². The van der Waals surface area contributed by atoms with Crippen LogP contribution in [0.5, 0.6) is 0 Å². The number of anilines is 2. The van der Waals surface area contributed by atoms with E-state index in [4.69, 9.17) is 15.9 Å². The molecule has 0 saturated heterocycles. The Hall–Kier alpha value is -3.52. The van der Waals surface area contributed by atoms with Crippen molar-refractivity contribution >= 4 is 39.7 Å².